The molecular formula is C15H28N2. The predicted octanol–water partition coefficient (Wildman–Crippen LogP) is 2.78. The molecule has 1 saturated carbocycles. The van der Waals surface area contributed by atoms with E-state index in [9.17, 15) is 0 Å². The fraction of sp³-hybridized carbons (Fsp3) is 1.00. The third kappa shape index (κ3) is 2.68. The summed E-state index contributed by atoms with van der Waals surface area (Å²) in [4.78, 5) is 2.65. The number of rotatable bonds is 3. The molecule has 2 saturated heterocycles. The predicted molar refractivity (Wildman–Crippen MR) is 72.2 cm³/mol. The maximum Gasteiger partial charge on any atom is 0.00988 e. The van der Waals surface area contributed by atoms with Crippen molar-refractivity contribution in [2.75, 3.05) is 13.6 Å². The van der Waals surface area contributed by atoms with E-state index in [2.05, 4.69) is 17.3 Å². The number of hydrogen-bond donors (Lipinski definition) is 1. The van der Waals surface area contributed by atoms with Crippen LogP contribution in [0, 0.1) is 5.92 Å². The van der Waals surface area contributed by atoms with Crippen LogP contribution in [0.25, 0.3) is 0 Å². The zero-order valence-electron chi connectivity index (χ0n) is 11.3. The highest BCUT2D eigenvalue weighted by atomic mass is 15.2. The quantitative estimate of drug-likeness (QED) is 0.810. The molecule has 0 spiro atoms. The van der Waals surface area contributed by atoms with Gasteiger partial charge in [0.15, 0.2) is 0 Å². The monoisotopic (exact) mass is 236 g/mol. The fourth-order valence-corrected chi connectivity index (χ4v) is 4.33. The van der Waals surface area contributed by atoms with Crippen LogP contribution >= 0.6 is 0 Å². The number of piperidine rings is 1. The molecule has 3 rings (SSSR count). The van der Waals surface area contributed by atoms with Crippen LogP contribution in [0.1, 0.15) is 57.8 Å². The molecule has 17 heavy (non-hydrogen) atoms. The van der Waals surface area contributed by atoms with Crippen LogP contribution in [0.4, 0.5) is 0 Å². The second-order valence-corrected chi connectivity index (χ2v) is 6.63. The molecule has 3 aliphatic rings. The van der Waals surface area contributed by atoms with Crippen molar-refractivity contribution in [3.63, 3.8) is 0 Å². The molecule has 2 nitrogen and oxygen atoms in total. The Bertz CT molecular complexity index is 233. The average molecular weight is 236 g/mol. The van der Waals surface area contributed by atoms with Crippen LogP contribution in [0.15, 0.2) is 0 Å². The van der Waals surface area contributed by atoms with Crippen molar-refractivity contribution in [1.29, 1.82) is 0 Å². The third-order valence-electron chi connectivity index (χ3n) is 5.50. The Morgan fingerprint density at radius 3 is 2.24 bits per heavy atom. The summed E-state index contributed by atoms with van der Waals surface area (Å²) in [5.41, 5.74) is 0. The summed E-state index contributed by atoms with van der Waals surface area (Å²) in [7, 11) is 2.34. The molecule has 0 aromatic carbocycles. The fourth-order valence-electron chi connectivity index (χ4n) is 4.33. The number of nitrogens with one attached hydrogen (secondary N) is 1. The van der Waals surface area contributed by atoms with Crippen LogP contribution in [-0.4, -0.2) is 36.6 Å². The molecular weight excluding hydrogens is 208 g/mol. The zero-order chi connectivity index (χ0) is 11.7. The van der Waals surface area contributed by atoms with Gasteiger partial charge < -0.3 is 10.2 Å². The minimum atomic E-state index is 0.848. The van der Waals surface area contributed by atoms with Crippen molar-refractivity contribution in [2.45, 2.75) is 75.9 Å². The van der Waals surface area contributed by atoms with E-state index >= 15 is 0 Å². The summed E-state index contributed by atoms with van der Waals surface area (Å²) in [6, 6.07) is 2.67. The van der Waals surface area contributed by atoms with E-state index in [1.54, 1.807) is 0 Å². The van der Waals surface area contributed by atoms with Crippen molar-refractivity contribution in [2.24, 2.45) is 5.92 Å². The van der Waals surface area contributed by atoms with Crippen LogP contribution in [-0.2, 0) is 0 Å². The lowest BCUT2D eigenvalue weighted by Crippen LogP contribution is -2.44. The summed E-state index contributed by atoms with van der Waals surface area (Å²) in [5.74, 6) is 0.964. The Labute approximate surface area is 106 Å². The van der Waals surface area contributed by atoms with Gasteiger partial charge in [0.05, 0.1) is 0 Å². The lowest BCUT2D eigenvalue weighted by molar-refractivity contribution is 0.130. The zero-order valence-corrected chi connectivity index (χ0v) is 11.3. The smallest absolute Gasteiger partial charge is 0.00988 e. The van der Waals surface area contributed by atoms with E-state index in [4.69, 9.17) is 0 Å². The lowest BCUT2D eigenvalue weighted by Gasteiger charge is -2.37. The van der Waals surface area contributed by atoms with Gasteiger partial charge in [-0.25, -0.2) is 0 Å². The maximum atomic E-state index is 3.86. The molecule has 0 aromatic heterocycles. The molecule has 2 heteroatoms. The van der Waals surface area contributed by atoms with E-state index in [0.29, 0.717) is 0 Å². The highest BCUT2D eigenvalue weighted by Gasteiger charge is 2.38. The Kier molecular flexibility index (Phi) is 3.72. The number of fused-ring (bicyclic) bond motifs is 2. The Hall–Kier alpha value is -0.0800. The van der Waals surface area contributed by atoms with Gasteiger partial charge in [0.25, 0.3) is 0 Å². The molecule has 2 bridgehead atoms. The average Bonchev–Trinajstić information content (AvgIpc) is 2.61. The summed E-state index contributed by atoms with van der Waals surface area (Å²) in [6.45, 7) is 1.30. The molecule has 1 N–H and O–H groups in total. The third-order valence-corrected chi connectivity index (χ3v) is 5.50. The molecule has 0 radical (unpaired) electrons. The van der Waals surface area contributed by atoms with Crippen molar-refractivity contribution in [3.8, 4) is 0 Å². The van der Waals surface area contributed by atoms with E-state index in [-0.39, 0.29) is 0 Å². The standard InChI is InChI=1S/C15H28N2/c1-17-14-7-8-15(17)10-12(9-14)11-16-13-5-3-2-4-6-13/h12-16H,2-11H2,1H3. The molecule has 3 fully saturated rings. The van der Waals surface area contributed by atoms with Gasteiger partial charge in [-0.1, -0.05) is 19.3 Å². The Balaban J connectivity index is 1.44. The van der Waals surface area contributed by atoms with Gasteiger partial charge in [-0.3, -0.25) is 0 Å². The molecule has 0 amide bonds. The van der Waals surface area contributed by atoms with Crippen LogP contribution in [0.3, 0.4) is 0 Å². The van der Waals surface area contributed by atoms with Crippen molar-refractivity contribution in [3.05, 3.63) is 0 Å². The molecule has 2 unspecified atom stereocenters. The molecule has 98 valence electrons. The number of hydrogen-bond acceptors (Lipinski definition) is 2. The van der Waals surface area contributed by atoms with E-state index < -0.39 is 0 Å². The highest BCUT2D eigenvalue weighted by molar-refractivity contribution is 4.94. The normalized spacial score (nSPS) is 39.7. The largest absolute Gasteiger partial charge is 0.314 e. The molecule has 1 aliphatic carbocycles. The van der Waals surface area contributed by atoms with Gasteiger partial charge in [0, 0.05) is 18.1 Å². The van der Waals surface area contributed by atoms with Gasteiger partial charge in [-0.15, -0.1) is 0 Å². The van der Waals surface area contributed by atoms with Crippen molar-refractivity contribution < 1.29 is 0 Å². The lowest BCUT2D eigenvalue weighted by atomic mass is 9.89. The first-order valence-electron chi connectivity index (χ1n) is 7.78. The summed E-state index contributed by atoms with van der Waals surface area (Å²) in [6.07, 6.45) is 13.1. The van der Waals surface area contributed by atoms with E-state index in [1.807, 2.05) is 0 Å². The summed E-state index contributed by atoms with van der Waals surface area (Å²) >= 11 is 0. The van der Waals surface area contributed by atoms with Crippen LogP contribution in [0.5, 0.6) is 0 Å². The first-order valence-corrected chi connectivity index (χ1v) is 7.78. The first kappa shape index (κ1) is 12.0. The molecule has 2 atom stereocenters. The topological polar surface area (TPSA) is 15.3 Å². The SMILES string of the molecule is CN1C2CCC1CC(CNC1CCCCC1)C2. The minimum Gasteiger partial charge on any atom is -0.314 e. The Morgan fingerprint density at radius 1 is 0.941 bits per heavy atom. The molecule has 0 aromatic rings. The molecule has 2 aliphatic heterocycles. The van der Waals surface area contributed by atoms with Crippen molar-refractivity contribution >= 4 is 0 Å². The van der Waals surface area contributed by atoms with Crippen molar-refractivity contribution in [1.82, 2.24) is 10.2 Å². The first-order chi connectivity index (χ1) is 8.33. The summed E-state index contributed by atoms with van der Waals surface area (Å²) < 4.78 is 0. The van der Waals surface area contributed by atoms with E-state index in [1.165, 1.54) is 64.3 Å². The minimum absolute atomic E-state index is 0.848. The van der Waals surface area contributed by atoms with Gasteiger partial charge in [-0.05, 0) is 58.0 Å². The second-order valence-electron chi connectivity index (χ2n) is 6.63. The number of nitrogens with zero attached hydrogens (tertiary/aromatic N) is 1. The van der Waals surface area contributed by atoms with Crippen LogP contribution in [0.2, 0.25) is 0 Å². The van der Waals surface area contributed by atoms with E-state index in [0.717, 1.165) is 24.0 Å². The van der Waals surface area contributed by atoms with Crippen LogP contribution < -0.4 is 5.32 Å². The highest BCUT2D eigenvalue weighted by Crippen LogP contribution is 2.37. The Morgan fingerprint density at radius 2 is 1.59 bits per heavy atom. The van der Waals surface area contributed by atoms with Gasteiger partial charge in [0.1, 0.15) is 0 Å². The second kappa shape index (κ2) is 5.27. The molecule has 2 heterocycles. The summed E-state index contributed by atoms with van der Waals surface area (Å²) in [5, 5.41) is 3.86. The van der Waals surface area contributed by atoms with Gasteiger partial charge in [0.2, 0.25) is 0 Å². The van der Waals surface area contributed by atoms with Gasteiger partial charge >= 0.3 is 0 Å². The maximum absolute atomic E-state index is 3.86. The van der Waals surface area contributed by atoms with Gasteiger partial charge in [-0.2, -0.15) is 0 Å².